The molecule has 2 atom stereocenters. The number of aromatic nitrogens is 7. The lowest BCUT2D eigenvalue weighted by atomic mass is 9.99. The average molecular weight is 1730 g/mol. The standard InChI is InChI=1S/C43H27N2OP.C41H27N2OP.C34H22N3OP/c46-47(33-23-20-28-10-1-3-13-31(28)26-33,34-24-21-29-11-2-4-14-32(29)27-34)40-19-9-18-39-42(40)41-35-15-6-5-12-30(35)22-25-36(41)43-44-37-16-7-8-17-38(37)45(39)43;44-45(31-14-5-2-6-15-31,32-22-19-29(20-23-32)28-11-3-1-4-12-28)33-24-26-38-36(27-33)40-34-16-8-7-13-30(34)21-25-35(40)41-42-37-17-9-10-18-39(37)43(38)41;38-39(24-10-2-1-3-11-24,25-19-21-35-22-20-25)31-16-8-9-23-17-18-27-33(32(23)31)26-12-4-6-14-29(26)37-30-15-7-5-13-28(30)36-34(27)37/h1-27H;1-27H;1-22H. The number of hydrogen-bond acceptors (Lipinski definition) is 7. The summed E-state index contributed by atoms with van der Waals surface area (Å²) in [6.07, 6.45) is 3.45. The first-order valence-corrected chi connectivity index (χ1v) is 49.2. The Kier molecular flexibility index (Phi) is 18.2. The Labute approximate surface area is 752 Å². The van der Waals surface area contributed by atoms with Crippen molar-refractivity contribution in [1.82, 2.24) is 33.1 Å². The average Bonchev–Trinajstić information content (AvgIpc) is 1.68. The van der Waals surface area contributed by atoms with Crippen LogP contribution in [0.1, 0.15) is 0 Å². The summed E-state index contributed by atoms with van der Waals surface area (Å²) >= 11 is 0. The fraction of sp³-hybridized carbons (Fsp3) is 0. The van der Waals surface area contributed by atoms with Crippen LogP contribution in [0.2, 0.25) is 0 Å². The van der Waals surface area contributed by atoms with Crippen LogP contribution >= 0.6 is 21.4 Å². The lowest BCUT2D eigenvalue weighted by molar-refractivity contribution is 0.591. The Morgan fingerprint density at radius 3 is 1.08 bits per heavy atom. The Bertz CT molecular complexity index is 9430. The number of imidazole rings is 3. The summed E-state index contributed by atoms with van der Waals surface area (Å²) in [6, 6.07) is 154. The second-order valence-electron chi connectivity index (χ2n) is 33.6. The lowest BCUT2D eigenvalue weighted by Crippen LogP contribution is -2.26. The summed E-state index contributed by atoms with van der Waals surface area (Å²) in [5, 5.41) is 28.0. The molecular weight excluding hydrogens is 1660 g/mol. The van der Waals surface area contributed by atoms with Crippen molar-refractivity contribution in [2.45, 2.75) is 0 Å². The van der Waals surface area contributed by atoms with Crippen LogP contribution in [0, 0.1) is 0 Å². The van der Waals surface area contributed by atoms with Gasteiger partial charge < -0.3 is 13.7 Å². The zero-order valence-corrected chi connectivity index (χ0v) is 73.3. The van der Waals surface area contributed by atoms with Gasteiger partial charge in [-0.25, -0.2) is 15.0 Å². The molecule has 0 bridgehead atoms. The van der Waals surface area contributed by atoms with Gasteiger partial charge in [0.1, 0.15) is 16.9 Å². The molecule has 0 radical (unpaired) electrons. The van der Waals surface area contributed by atoms with E-state index >= 15 is 13.7 Å². The Balaban J connectivity index is 0.000000106. The molecule has 0 N–H and O–H groups in total. The highest BCUT2D eigenvalue weighted by Gasteiger charge is 2.37. The van der Waals surface area contributed by atoms with Crippen LogP contribution in [-0.4, -0.2) is 33.1 Å². The molecule has 0 spiro atoms. The number of hydrogen-bond donors (Lipinski definition) is 0. The monoisotopic (exact) mass is 1730 g/mol. The summed E-state index contributed by atoms with van der Waals surface area (Å²) in [5.41, 5.74) is 14.1. The second kappa shape index (κ2) is 30.9. The van der Waals surface area contributed by atoms with Gasteiger partial charge in [0.2, 0.25) is 0 Å². The van der Waals surface area contributed by atoms with Crippen LogP contribution in [-0.2, 0) is 13.7 Å². The third-order valence-corrected chi connectivity index (χ3v) is 35.8. The van der Waals surface area contributed by atoms with E-state index in [1.165, 1.54) is 5.39 Å². The van der Waals surface area contributed by atoms with Gasteiger partial charge in [-0.2, -0.15) is 0 Å². The minimum Gasteiger partial charge on any atom is -0.309 e. The summed E-state index contributed by atoms with van der Waals surface area (Å²) in [5.74, 6) is 0. The molecule has 131 heavy (non-hydrogen) atoms. The first kappa shape index (κ1) is 77.3. The summed E-state index contributed by atoms with van der Waals surface area (Å²) in [6.45, 7) is 0. The predicted molar refractivity (Wildman–Crippen MR) is 552 cm³/mol. The van der Waals surface area contributed by atoms with Gasteiger partial charge in [0, 0.05) is 114 Å². The molecule has 0 amide bonds. The SMILES string of the molecule is O=P(c1ccc2ccccc2c1)(c1ccc2ccccc2c1)c1cccc2c1c1c3ccccc3ccc1c1nc3ccccc3n21.O=P(c1ccccc1)(c1ccc(-c2ccccc2)cc1)c1ccc2c(c1)c1c3ccccc3ccc1c1nc3ccccc3n21.O=P(c1ccccc1)(c1ccncc1)c1cccc2ccc3c(c4ccccc4n4c5ccccc5nc34)c12. The van der Waals surface area contributed by atoms with E-state index in [-0.39, 0.29) is 0 Å². The van der Waals surface area contributed by atoms with Gasteiger partial charge in [0.25, 0.3) is 0 Å². The maximum atomic E-state index is 16.6. The molecule has 0 saturated heterocycles. The normalized spacial score (nSPS) is 12.9. The molecular formula is C118H76N7O3P3. The van der Waals surface area contributed by atoms with E-state index in [0.717, 1.165) is 222 Å². The molecule has 616 valence electrons. The molecule has 0 aliphatic carbocycles. The zero-order chi connectivity index (χ0) is 87.0. The number of para-hydroxylation sites is 7. The molecule has 0 aliphatic rings. The molecule has 7 aromatic heterocycles. The van der Waals surface area contributed by atoms with Crippen LogP contribution < -0.4 is 47.7 Å². The highest BCUT2D eigenvalue weighted by molar-refractivity contribution is 7.86. The third-order valence-electron chi connectivity index (χ3n) is 26.5. The van der Waals surface area contributed by atoms with Gasteiger partial charge in [-0.3, -0.25) is 18.2 Å². The molecule has 27 rings (SSSR count). The second-order valence-corrected chi connectivity index (χ2v) is 41.9. The molecule has 20 aromatic carbocycles. The number of fused-ring (bicyclic) bond motifs is 32. The van der Waals surface area contributed by atoms with Gasteiger partial charge in [0.15, 0.2) is 21.4 Å². The first-order valence-electron chi connectivity index (χ1n) is 44.0. The Morgan fingerprint density at radius 2 is 0.527 bits per heavy atom. The van der Waals surface area contributed by atoms with Gasteiger partial charge >= 0.3 is 0 Å². The van der Waals surface area contributed by atoms with Crippen LogP contribution in [0.4, 0.5) is 0 Å². The quantitative estimate of drug-likeness (QED) is 0.0989. The van der Waals surface area contributed by atoms with Crippen molar-refractivity contribution >= 4 is 238 Å². The topological polar surface area (TPSA) is 116 Å². The number of rotatable bonds is 10. The zero-order valence-electron chi connectivity index (χ0n) is 70.6. The third kappa shape index (κ3) is 12.2. The maximum absolute atomic E-state index is 16.6. The van der Waals surface area contributed by atoms with E-state index in [2.05, 4.69) is 309 Å². The van der Waals surface area contributed by atoms with E-state index < -0.39 is 21.4 Å². The van der Waals surface area contributed by atoms with E-state index in [4.69, 9.17) is 15.0 Å². The van der Waals surface area contributed by atoms with E-state index in [1.807, 2.05) is 158 Å². The molecule has 27 aromatic rings. The van der Waals surface area contributed by atoms with Crippen molar-refractivity contribution in [2.24, 2.45) is 0 Å². The molecule has 2 unspecified atom stereocenters. The van der Waals surface area contributed by atoms with Gasteiger partial charge in [-0.15, -0.1) is 0 Å². The van der Waals surface area contributed by atoms with Crippen LogP contribution in [0.25, 0.3) is 180 Å². The van der Waals surface area contributed by atoms with Crippen molar-refractivity contribution in [3.63, 3.8) is 0 Å². The summed E-state index contributed by atoms with van der Waals surface area (Å²) < 4.78 is 54.7. The van der Waals surface area contributed by atoms with E-state index in [9.17, 15) is 0 Å². The summed E-state index contributed by atoms with van der Waals surface area (Å²) in [7, 11) is -9.98. The van der Waals surface area contributed by atoms with Gasteiger partial charge in [-0.1, -0.05) is 340 Å². The van der Waals surface area contributed by atoms with E-state index in [0.29, 0.717) is 0 Å². The highest BCUT2D eigenvalue weighted by Crippen LogP contribution is 2.52. The van der Waals surface area contributed by atoms with Crippen LogP contribution in [0.15, 0.2) is 461 Å². The van der Waals surface area contributed by atoms with Crippen molar-refractivity contribution in [3.8, 4) is 11.1 Å². The highest BCUT2D eigenvalue weighted by atomic mass is 31.2. The van der Waals surface area contributed by atoms with E-state index in [1.54, 1.807) is 12.4 Å². The largest absolute Gasteiger partial charge is 0.309 e. The molecule has 13 heteroatoms. The smallest absolute Gasteiger partial charge is 0.171 e. The van der Waals surface area contributed by atoms with Crippen molar-refractivity contribution in [1.29, 1.82) is 0 Å². The Morgan fingerprint density at radius 1 is 0.183 bits per heavy atom. The van der Waals surface area contributed by atoms with Gasteiger partial charge in [-0.05, 0) is 169 Å². The number of benzene rings is 20. The predicted octanol–water partition coefficient (Wildman–Crippen LogP) is 26.1. The van der Waals surface area contributed by atoms with Crippen molar-refractivity contribution in [3.05, 3.63) is 461 Å². The number of pyridine rings is 4. The van der Waals surface area contributed by atoms with Crippen LogP contribution in [0.3, 0.4) is 0 Å². The van der Waals surface area contributed by atoms with Crippen LogP contribution in [0.5, 0.6) is 0 Å². The Hall–Kier alpha value is -16.1. The van der Waals surface area contributed by atoms with Crippen molar-refractivity contribution < 1.29 is 13.7 Å². The fourth-order valence-electron chi connectivity index (χ4n) is 20.5. The molecule has 7 heterocycles. The van der Waals surface area contributed by atoms with Gasteiger partial charge in [0.05, 0.1) is 49.7 Å². The molecule has 0 fully saturated rings. The fourth-order valence-corrected chi connectivity index (χ4v) is 28.9. The molecule has 0 saturated carbocycles. The maximum Gasteiger partial charge on any atom is 0.171 e. The minimum atomic E-state index is -3.47. The molecule has 10 nitrogen and oxygen atoms in total. The number of nitrogens with zero attached hydrogens (tertiary/aromatic N) is 7. The van der Waals surface area contributed by atoms with Crippen molar-refractivity contribution in [2.75, 3.05) is 0 Å². The summed E-state index contributed by atoms with van der Waals surface area (Å²) in [4.78, 5) is 19.6. The minimum absolute atomic E-state index is 0.769. The molecule has 0 aliphatic heterocycles. The first-order chi connectivity index (χ1) is 64.6. The lowest BCUT2D eigenvalue weighted by Gasteiger charge is -2.24.